The van der Waals surface area contributed by atoms with Crippen LogP contribution in [-0.4, -0.2) is 48.0 Å². The lowest BCUT2D eigenvalue weighted by atomic mass is 10.1. The minimum absolute atomic E-state index is 0.108. The van der Waals surface area contributed by atoms with Gasteiger partial charge in [0.15, 0.2) is 6.29 Å². The molecule has 1 amide bonds. The highest BCUT2D eigenvalue weighted by Crippen LogP contribution is 2.25. The van der Waals surface area contributed by atoms with E-state index in [1.807, 2.05) is 60.7 Å². The first kappa shape index (κ1) is 18.8. The summed E-state index contributed by atoms with van der Waals surface area (Å²) >= 11 is 0. The Bertz CT molecular complexity index is 861. The number of methoxy groups -OCH3 is 2. The molecular weight excluding hydrogens is 344 g/mol. The van der Waals surface area contributed by atoms with Gasteiger partial charge >= 0.3 is 0 Å². The van der Waals surface area contributed by atoms with E-state index in [2.05, 4.69) is 15.6 Å². The molecule has 1 N–H and O–H groups in total. The molecule has 0 fully saturated rings. The number of carbonyl (C=O) groups is 1. The third kappa shape index (κ3) is 4.58. The van der Waals surface area contributed by atoms with Crippen LogP contribution in [0.5, 0.6) is 0 Å². The number of hydrogen-bond donors (Lipinski definition) is 1. The highest BCUT2D eigenvalue weighted by molar-refractivity contribution is 5.80. The van der Waals surface area contributed by atoms with Crippen LogP contribution in [0, 0.1) is 0 Å². The van der Waals surface area contributed by atoms with E-state index in [-0.39, 0.29) is 18.9 Å². The molecule has 3 rings (SSSR count). The third-order valence-electron chi connectivity index (χ3n) is 4.11. The van der Waals surface area contributed by atoms with Gasteiger partial charge < -0.3 is 14.8 Å². The minimum Gasteiger partial charge on any atom is -0.354 e. The van der Waals surface area contributed by atoms with Crippen LogP contribution in [0.2, 0.25) is 0 Å². The van der Waals surface area contributed by atoms with Gasteiger partial charge in [-0.3, -0.25) is 4.79 Å². The number of aromatic nitrogens is 3. The van der Waals surface area contributed by atoms with Crippen molar-refractivity contribution in [3.63, 3.8) is 0 Å². The number of benzene rings is 2. The largest absolute Gasteiger partial charge is 0.354 e. The van der Waals surface area contributed by atoms with Crippen LogP contribution >= 0.6 is 0 Å². The summed E-state index contributed by atoms with van der Waals surface area (Å²) in [7, 11) is 3.05. The third-order valence-corrected chi connectivity index (χ3v) is 4.11. The van der Waals surface area contributed by atoms with Gasteiger partial charge in [0, 0.05) is 19.8 Å². The lowest BCUT2D eigenvalue weighted by molar-refractivity contribution is -0.126. The number of carbonyl (C=O) groups excluding carboxylic acids is 1. The molecule has 27 heavy (non-hydrogen) atoms. The van der Waals surface area contributed by atoms with E-state index in [4.69, 9.17) is 9.47 Å². The standard InChI is InChI=1S/C20H22N4O3/c1-26-19(27-2)14-21-18(25)13-17-20(15-9-5-3-6-10-15)24(23-22-17)16-11-7-4-8-12-16/h3-12,19H,13-14H2,1-2H3,(H,21,25). The number of ether oxygens (including phenoxy) is 2. The quantitative estimate of drug-likeness (QED) is 0.619. The summed E-state index contributed by atoms with van der Waals surface area (Å²) < 4.78 is 11.9. The Morgan fingerprint density at radius 2 is 1.67 bits per heavy atom. The summed E-state index contributed by atoms with van der Waals surface area (Å²) in [6.07, 6.45) is -0.375. The minimum atomic E-state index is -0.484. The summed E-state index contributed by atoms with van der Waals surface area (Å²) in [5, 5.41) is 11.3. The Balaban J connectivity index is 1.87. The number of para-hydroxylation sites is 1. The maximum absolute atomic E-state index is 12.4. The van der Waals surface area contributed by atoms with E-state index in [1.54, 1.807) is 4.68 Å². The Morgan fingerprint density at radius 3 is 2.30 bits per heavy atom. The van der Waals surface area contributed by atoms with E-state index in [9.17, 15) is 4.79 Å². The fourth-order valence-electron chi connectivity index (χ4n) is 2.74. The first-order valence-corrected chi connectivity index (χ1v) is 8.60. The molecule has 0 aliphatic rings. The van der Waals surface area contributed by atoms with Gasteiger partial charge in [0.2, 0.25) is 5.91 Å². The van der Waals surface area contributed by atoms with E-state index >= 15 is 0 Å². The maximum Gasteiger partial charge on any atom is 0.226 e. The first-order chi connectivity index (χ1) is 13.2. The highest BCUT2D eigenvalue weighted by atomic mass is 16.7. The number of nitrogens with one attached hydrogen (secondary N) is 1. The van der Waals surface area contributed by atoms with Crippen molar-refractivity contribution in [2.24, 2.45) is 0 Å². The van der Waals surface area contributed by atoms with Gasteiger partial charge in [-0.15, -0.1) is 5.10 Å². The van der Waals surface area contributed by atoms with Crippen molar-refractivity contribution in [3.8, 4) is 16.9 Å². The van der Waals surface area contributed by atoms with E-state index in [0.717, 1.165) is 16.9 Å². The molecule has 140 valence electrons. The van der Waals surface area contributed by atoms with E-state index in [1.165, 1.54) is 14.2 Å². The molecule has 0 saturated heterocycles. The molecule has 7 nitrogen and oxygen atoms in total. The topological polar surface area (TPSA) is 78.3 Å². The zero-order chi connectivity index (χ0) is 19.1. The van der Waals surface area contributed by atoms with Crippen LogP contribution in [-0.2, 0) is 20.7 Å². The molecule has 0 saturated carbocycles. The van der Waals surface area contributed by atoms with E-state index in [0.29, 0.717) is 5.69 Å². The normalized spacial score (nSPS) is 10.9. The van der Waals surface area contributed by atoms with Crippen molar-refractivity contribution < 1.29 is 14.3 Å². The Labute approximate surface area is 157 Å². The molecular formula is C20H22N4O3. The van der Waals surface area contributed by atoms with Gasteiger partial charge in [0.05, 0.1) is 24.3 Å². The average molecular weight is 366 g/mol. The molecule has 2 aromatic carbocycles. The van der Waals surface area contributed by atoms with Crippen molar-refractivity contribution >= 4 is 5.91 Å². The maximum atomic E-state index is 12.4. The zero-order valence-electron chi connectivity index (χ0n) is 15.3. The second kappa shape index (κ2) is 9.07. The molecule has 0 bridgehead atoms. The number of nitrogens with zero attached hydrogens (tertiary/aromatic N) is 3. The highest BCUT2D eigenvalue weighted by Gasteiger charge is 2.19. The zero-order valence-corrected chi connectivity index (χ0v) is 15.3. The SMILES string of the molecule is COC(CNC(=O)Cc1nnn(-c2ccccc2)c1-c1ccccc1)OC. The van der Waals surface area contributed by atoms with Gasteiger partial charge in [0.25, 0.3) is 0 Å². The molecule has 0 unspecified atom stereocenters. The fourth-order valence-corrected chi connectivity index (χ4v) is 2.74. The average Bonchev–Trinajstić information content (AvgIpc) is 3.13. The van der Waals surface area contributed by atoms with Gasteiger partial charge in [-0.25, -0.2) is 4.68 Å². The molecule has 3 aromatic rings. The van der Waals surface area contributed by atoms with Crippen LogP contribution in [0.4, 0.5) is 0 Å². The smallest absolute Gasteiger partial charge is 0.226 e. The number of amides is 1. The summed E-state index contributed by atoms with van der Waals surface area (Å²) in [5.74, 6) is -0.175. The molecule has 0 radical (unpaired) electrons. The van der Waals surface area contributed by atoms with Gasteiger partial charge in [-0.2, -0.15) is 0 Å². The van der Waals surface area contributed by atoms with Crippen molar-refractivity contribution in [1.29, 1.82) is 0 Å². The Morgan fingerprint density at radius 1 is 1.04 bits per heavy atom. The summed E-state index contributed by atoms with van der Waals surface area (Å²) in [5.41, 5.74) is 3.23. The number of hydrogen-bond acceptors (Lipinski definition) is 5. The Hall–Kier alpha value is -3.03. The van der Waals surface area contributed by atoms with Crippen molar-refractivity contribution in [3.05, 3.63) is 66.4 Å². The van der Waals surface area contributed by atoms with Gasteiger partial charge in [-0.05, 0) is 12.1 Å². The predicted molar refractivity (Wildman–Crippen MR) is 101 cm³/mol. The fraction of sp³-hybridized carbons (Fsp3) is 0.250. The predicted octanol–water partition coefficient (Wildman–Crippen LogP) is 2.21. The summed E-state index contributed by atoms with van der Waals surface area (Å²) in [4.78, 5) is 12.4. The molecule has 0 aliphatic carbocycles. The van der Waals surface area contributed by atoms with Gasteiger partial charge in [-0.1, -0.05) is 53.7 Å². The Kier molecular flexibility index (Phi) is 6.30. The molecule has 1 heterocycles. The van der Waals surface area contributed by atoms with Crippen molar-refractivity contribution in [2.45, 2.75) is 12.7 Å². The van der Waals surface area contributed by atoms with Gasteiger partial charge in [0.1, 0.15) is 5.69 Å². The van der Waals surface area contributed by atoms with Crippen LogP contribution in [0.25, 0.3) is 16.9 Å². The molecule has 0 atom stereocenters. The first-order valence-electron chi connectivity index (χ1n) is 8.60. The van der Waals surface area contributed by atoms with Crippen LogP contribution in [0.3, 0.4) is 0 Å². The van der Waals surface area contributed by atoms with Crippen molar-refractivity contribution in [2.75, 3.05) is 20.8 Å². The molecule has 7 heteroatoms. The summed E-state index contributed by atoms with van der Waals surface area (Å²) in [6.45, 7) is 0.263. The molecule has 0 spiro atoms. The lowest BCUT2D eigenvalue weighted by Crippen LogP contribution is -2.35. The van der Waals surface area contributed by atoms with Crippen LogP contribution in [0.15, 0.2) is 60.7 Å². The monoisotopic (exact) mass is 366 g/mol. The molecule has 0 aliphatic heterocycles. The van der Waals surface area contributed by atoms with Crippen LogP contribution < -0.4 is 5.32 Å². The lowest BCUT2D eigenvalue weighted by Gasteiger charge is -2.14. The van der Waals surface area contributed by atoms with Crippen molar-refractivity contribution in [1.82, 2.24) is 20.3 Å². The second-order valence-corrected chi connectivity index (χ2v) is 5.88. The molecule has 1 aromatic heterocycles. The number of rotatable bonds is 8. The van der Waals surface area contributed by atoms with Crippen LogP contribution in [0.1, 0.15) is 5.69 Å². The second-order valence-electron chi connectivity index (χ2n) is 5.88. The van der Waals surface area contributed by atoms with E-state index < -0.39 is 6.29 Å². The summed E-state index contributed by atoms with van der Waals surface area (Å²) in [6, 6.07) is 19.5.